The van der Waals surface area contributed by atoms with E-state index in [1.165, 1.54) is 9.80 Å². The molecule has 5 aliphatic heterocycles. The predicted octanol–water partition coefficient (Wildman–Crippen LogP) is -3.34. The van der Waals surface area contributed by atoms with Crippen LogP contribution in [0.2, 0.25) is 0 Å². The number of morpholine rings is 2. The van der Waals surface area contributed by atoms with Crippen molar-refractivity contribution in [1.29, 1.82) is 0 Å². The minimum atomic E-state index is -0.517. The number of piperazine rings is 3. The summed E-state index contributed by atoms with van der Waals surface area (Å²) in [7, 11) is 0. The standard InChI is InChI=1S/C20H30N6O6/c27-17-11-23-10-16-20(30)26(14-22-3-7-32-8-4-22)18(28)12-24(16)9-15(23)19(29)25(17)13-21-1-5-31-6-2-21/h15-16H,1-14H2/t15-,16-/m1/s1. The molecular formula is C20H30N6O6. The van der Waals surface area contributed by atoms with Gasteiger partial charge in [0, 0.05) is 39.3 Å². The second kappa shape index (κ2) is 9.12. The van der Waals surface area contributed by atoms with Gasteiger partial charge in [-0.25, -0.2) is 0 Å². The molecule has 5 saturated heterocycles. The molecule has 176 valence electrons. The van der Waals surface area contributed by atoms with Crippen molar-refractivity contribution in [2.24, 2.45) is 0 Å². The quantitative estimate of drug-likeness (QED) is 0.404. The summed E-state index contributed by atoms with van der Waals surface area (Å²) in [4.78, 5) is 62.3. The van der Waals surface area contributed by atoms with E-state index in [-0.39, 0.29) is 63.1 Å². The molecule has 0 aromatic carbocycles. The van der Waals surface area contributed by atoms with Crippen LogP contribution >= 0.6 is 0 Å². The van der Waals surface area contributed by atoms with Crippen molar-refractivity contribution in [1.82, 2.24) is 29.4 Å². The molecule has 12 heteroatoms. The van der Waals surface area contributed by atoms with Gasteiger partial charge in [0.2, 0.25) is 23.6 Å². The predicted molar refractivity (Wildman–Crippen MR) is 109 cm³/mol. The Balaban J connectivity index is 1.25. The number of carbonyl (C=O) groups is 4. The van der Waals surface area contributed by atoms with Gasteiger partial charge in [0.15, 0.2) is 0 Å². The highest BCUT2D eigenvalue weighted by atomic mass is 16.5. The SMILES string of the molecule is O=C1CN2C[C@@H]3C(=O)N(CN4CCOCC4)C(=O)CN3C[C@@H]2C(=O)N1CN1CCOCC1. The Morgan fingerprint density at radius 1 is 0.625 bits per heavy atom. The number of ether oxygens (including phenoxy) is 2. The van der Waals surface area contributed by atoms with Crippen LogP contribution in [0.1, 0.15) is 0 Å². The summed E-state index contributed by atoms with van der Waals surface area (Å²) in [6.07, 6.45) is 0. The zero-order chi connectivity index (χ0) is 22.2. The molecule has 0 bridgehead atoms. The average Bonchev–Trinajstić information content (AvgIpc) is 2.80. The van der Waals surface area contributed by atoms with E-state index in [1.54, 1.807) is 0 Å². The number of hydrogen-bond donors (Lipinski definition) is 0. The maximum Gasteiger partial charge on any atom is 0.249 e. The number of carbonyl (C=O) groups excluding carboxylic acids is 4. The molecule has 0 aromatic rings. The highest BCUT2D eigenvalue weighted by Gasteiger charge is 2.51. The average molecular weight is 450 g/mol. The summed E-state index contributed by atoms with van der Waals surface area (Å²) < 4.78 is 10.7. The van der Waals surface area contributed by atoms with E-state index in [0.29, 0.717) is 52.6 Å². The molecule has 0 spiro atoms. The van der Waals surface area contributed by atoms with Crippen molar-refractivity contribution in [3.8, 4) is 0 Å². The third kappa shape index (κ3) is 4.18. The first kappa shape index (κ1) is 21.9. The Morgan fingerprint density at radius 2 is 1.00 bits per heavy atom. The number of fused-ring (bicyclic) bond motifs is 2. The molecule has 0 aromatic heterocycles. The lowest BCUT2D eigenvalue weighted by atomic mass is 9.99. The first-order valence-electron chi connectivity index (χ1n) is 11.3. The van der Waals surface area contributed by atoms with Crippen molar-refractivity contribution < 1.29 is 28.7 Å². The van der Waals surface area contributed by atoms with Crippen molar-refractivity contribution in [2.45, 2.75) is 12.1 Å². The van der Waals surface area contributed by atoms with Gasteiger partial charge in [-0.1, -0.05) is 0 Å². The van der Waals surface area contributed by atoms with Gasteiger partial charge < -0.3 is 9.47 Å². The van der Waals surface area contributed by atoms with Gasteiger partial charge in [0.25, 0.3) is 0 Å². The van der Waals surface area contributed by atoms with E-state index in [4.69, 9.17) is 9.47 Å². The summed E-state index contributed by atoms with van der Waals surface area (Å²) in [6, 6.07) is -1.03. The first-order valence-corrected chi connectivity index (χ1v) is 11.3. The molecular weight excluding hydrogens is 420 g/mol. The van der Waals surface area contributed by atoms with Crippen molar-refractivity contribution in [3.63, 3.8) is 0 Å². The van der Waals surface area contributed by atoms with Crippen molar-refractivity contribution in [2.75, 3.05) is 92.1 Å². The number of nitrogens with zero attached hydrogens (tertiary/aromatic N) is 6. The van der Waals surface area contributed by atoms with Crippen LogP contribution in [0.3, 0.4) is 0 Å². The number of rotatable bonds is 4. The molecule has 5 rings (SSSR count). The van der Waals surface area contributed by atoms with Crippen LogP contribution in [0, 0.1) is 0 Å². The second-order valence-electron chi connectivity index (χ2n) is 8.95. The van der Waals surface area contributed by atoms with E-state index in [0.717, 1.165) is 0 Å². The lowest BCUT2D eigenvalue weighted by molar-refractivity contribution is -0.173. The molecule has 5 fully saturated rings. The second-order valence-corrected chi connectivity index (χ2v) is 8.95. The van der Waals surface area contributed by atoms with Crippen LogP contribution in [0.4, 0.5) is 0 Å². The van der Waals surface area contributed by atoms with Crippen LogP contribution < -0.4 is 0 Å². The molecule has 0 aliphatic carbocycles. The summed E-state index contributed by atoms with van der Waals surface area (Å²) >= 11 is 0. The monoisotopic (exact) mass is 450 g/mol. The van der Waals surface area contributed by atoms with E-state index in [1.807, 2.05) is 19.6 Å². The topological polar surface area (TPSA) is 106 Å². The molecule has 4 amide bonds. The molecule has 0 unspecified atom stereocenters. The molecule has 0 N–H and O–H groups in total. The Hall–Kier alpha value is -1.96. The van der Waals surface area contributed by atoms with Crippen molar-refractivity contribution in [3.05, 3.63) is 0 Å². The largest absolute Gasteiger partial charge is 0.379 e. The van der Waals surface area contributed by atoms with Gasteiger partial charge >= 0.3 is 0 Å². The maximum absolute atomic E-state index is 13.2. The van der Waals surface area contributed by atoms with Crippen LogP contribution in [0.15, 0.2) is 0 Å². The van der Waals surface area contributed by atoms with Gasteiger partial charge in [-0.3, -0.25) is 48.6 Å². The molecule has 5 aliphatic rings. The Labute approximate surface area is 186 Å². The first-order chi connectivity index (χ1) is 15.5. The highest BCUT2D eigenvalue weighted by Crippen LogP contribution is 2.25. The molecule has 5 heterocycles. The molecule has 0 saturated carbocycles. The van der Waals surface area contributed by atoms with E-state index in [9.17, 15) is 19.2 Å². The third-order valence-corrected chi connectivity index (χ3v) is 6.97. The maximum atomic E-state index is 13.2. The number of imide groups is 2. The fourth-order valence-corrected chi connectivity index (χ4v) is 5.05. The van der Waals surface area contributed by atoms with Crippen LogP contribution in [-0.4, -0.2) is 157 Å². The van der Waals surface area contributed by atoms with E-state index in [2.05, 4.69) is 0 Å². The Morgan fingerprint density at radius 3 is 1.38 bits per heavy atom. The highest BCUT2D eigenvalue weighted by molar-refractivity contribution is 6.03. The van der Waals surface area contributed by atoms with E-state index < -0.39 is 12.1 Å². The number of amides is 4. The smallest absolute Gasteiger partial charge is 0.249 e. The zero-order valence-electron chi connectivity index (χ0n) is 18.2. The van der Waals surface area contributed by atoms with Crippen LogP contribution in [-0.2, 0) is 28.7 Å². The molecule has 0 radical (unpaired) electrons. The minimum Gasteiger partial charge on any atom is -0.379 e. The Kier molecular flexibility index (Phi) is 6.23. The van der Waals surface area contributed by atoms with Gasteiger partial charge in [-0.15, -0.1) is 0 Å². The molecule has 32 heavy (non-hydrogen) atoms. The summed E-state index contributed by atoms with van der Waals surface area (Å²) in [5.41, 5.74) is 0. The summed E-state index contributed by atoms with van der Waals surface area (Å²) in [5, 5.41) is 0. The number of hydrogen-bond acceptors (Lipinski definition) is 10. The van der Waals surface area contributed by atoms with Gasteiger partial charge in [-0.2, -0.15) is 0 Å². The third-order valence-electron chi connectivity index (χ3n) is 6.97. The summed E-state index contributed by atoms with van der Waals surface area (Å²) in [6.45, 7) is 6.38. The minimum absolute atomic E-state index is 0.107. The fraction of sp³-hybridized carbons (Fsp3) is 0.800. The zero-order valence-corrected chi connectivity index (χ0v) is 18.2. The molecule has 2 atom stereocenters. The Bertz CT molecular complexity index is 719. The van der Waals surface area contributed by atoms with Gasteiger partial charge in [0.1, 0.15) is 12.1 Å². The molecule has 12 nitrogen and oxygen atoms in total. The van der Waals surface area contributed by atoms with Crippen LogP contribution in [0.5, 0.6) is 0 Å². The van der Waals surface area contributed by atoms with E-state index >= 15 is 0 Å². The van der Waals surface area contributed by atoms with Gasteiger partial charge in [-0.05, 0) is 0 Å². The van der Waals surface area contributed by atoms with Crippen LogP contribution in [0.25, 0.3) is 0 Å². The fourth-order valence-electron chi connectivity index (χ4n) is 5.05. The van der Waals surface area contributed by atoms with Gasteiger partial charge in [0.05, 0.1) is 52.9 Å². The lowest BCUT2D eigenvalue weighted by Crippen LogP contribution is -2.74. The van der Waals surface area contributed by atoms with Crippen molar-refractivity contribution >= 4 is 23.6 Å². The lowest BCUT2D eigenvalue weighted by Gasteiger charge is -2.51. The normalized spacial score (nSPS) is 31.8. The summed E-state index contributed by atoms with van der Waals surface area (Å²) in [5.74, 6) is -0.977.